The van der Waals surface area contributed by atoms with Gasteiger partial charge >= 0.3 is 0 Å². The van der Waals surface area contributed by atoms with Crippen LogP contribution in [0.2, 0.25) is 0 Å². The van der Waals surface area contributed by atoms with Gasteiger partial charge in [-0.25, -0.2) is 17.4 Å². The third kappa shape index (κ3) is 3.94. The first-order valence-corrected chi connectivity index (χ1v) is 10.5. The van der Waals surface area contributed by atoms with Gasteiger partial charge < -0.3 is 5.32 Å². The van der Waals surface area contributed by atoms with E-state index in [-0.39, 0.29) is 10.8 Å². The van der Waals surface area contributed by atoms with Crippen molar-refractivity contribution >= 4 is 21.6 Å². The molecule has 0 spiro atoms. The molecule has 0 bridgehead atoms. The summed E-state index contributed by atoms with van der Waals surface area (Å²) in [5.74, 6) is -0.334. The standard InChI is InChI=1S/C21H24N4O3S/c1-14-11-12-17(13-19(14)29(27,28)24(4)5)22-21(26)20-15(2)23-25(16(20)3)18-9-7-6-8-10-18/h6-13H,1-5H3,(H,22,26). The van der Waals surface area contributed by atoms with Gasteiger partial charge in [-0.3, -0.25) is 4.79 Å². The molecule has 0 aliphatic carbocycles. The Morgan fingerprint density at radius 1 is 1.03 bits per heavy atom. The first-order valence-electron chi connectivity index (χ1n) is 9.09. The number of carbonyl (C=O) groups excluding carboxylic acids is 1. The number of nitrogens with one attached hydrogen (secondary N) is 1. The second-order valence-corrected chi connectivity index (χ2v) is 9.14. The Balaban J connectivity index is 1.95. The van der Waals surface area contributed by atoms with Crippen molar-refractivity contribution in [2.24, 2.45) is 0 Å². The first kappa shape index (κ1) is 20.8. The highest BCUT2D eigenvalue weighted by atomic mass is 32.2. The Bertz CT molecular complexity index is 1170. The van der Waals surface area contributed by atoms with Crippen molar-refractivity contribution in [3.05, 3.63) is 71.0 Å². The fourth-order valence-electron chi connectivity index (χ4n) is 3.14. The SMILES string of the molecule is Cc1ccc(NC(=O)c2c(C)nn(-c3ccccc3)c2C)cc1S(=O)(=O)N(C)C. The molecule has 1 N–H and O–H groups in total. The minimum Gasteiger partial charge on any atom is -0.322 e. The van der Waals surface area contributed by atoms with Crippen LogP contribution in [0.4, 0.5) is 5.69 Å². The normalized spacial score (nSPS) is 11.7. The number of hydrogen-bond acceptors (Lipinski definition) is 4. The van der Waals surface area contributed by atoms with Crippen LogP contribution >= 0.6 is 0 Å². The second-order valence-electron chi connectivity index (χ2n) is 7.02. The van der Waals surface area contributed by atoms with Gasteiger partial charge in [-0.05, 0) is 50.6 Å². The number of para-hydroxylation sites is 1. The highest BCUT2D eigenvalue weighted by Crippen LogP contribution is 2.24. The largest absolute Gasteiger partial charge is 0.322 e. The Labute approximate surface area is 171 Å². The molecule has 7 nitrogen and oxygen atoms in total. The summed E-state index contributed by atoms with van der Waals surface area (Å²) in [7, 11) is -0.659. The van der Waals surface area contributed by atoms with Crippen LogP contribution in [0.3, 0.4) is 0 Å². The van der Waals surface area contributed by atoms with E-state index in [9.17, 15) is 13.2 Å². The van der Waals surface area contributed by atoms with Gasteiger partial charge in [-0.15, -0.1) is 0 Å². The van der Waals surface area contributed by atoms with Gasteiger partial charge in [0, 0.05) is 19.8 Å². The van der Waals surface area contributed by atoms with E-state index in [0.29, 0.717) is 28.2 Å². The first-order chi connectivity index (χ1) is 13.6. The Hall–Kier alpha value is -2.97. The number of hydrogen-bond donors (Lipinski definition) is 1. The summed E-state index contributed by atoms with van der Waals surface area (Å²) in [5.41, 5.74) is 3.65. The van der Waals surface area contributed by atoms with E-state index in [1.54, 1.807) is 30.7 Å². The third-order valence-electron chi connectivity index (χ3n) is 4.72. The van der Waals surface area contributed by atoms with Gasteiger partial charge in [0.05, 0.1) is 27.5 Å². The van der Waals surface area contributed by atoms with Crippen LogP contribution in [0.5, 0.6) is 0 Å². The number of carbonyl (C=O) groups is 1. The minimum atomic E-state index is -3.61. The summed E-state index contributed by atoms with van der Waals surface area (Å²) in [4.78, 5) is 13.1. The zero-order valence-electron chi connectivity index (χ0n) is 17.1. The number of aryl methyl sites for hydroxylation is 2. The summed E-state index contributed by atoms with van der Waals surface area (Å²) in [5, 5.41) is 7.30. The molecule has 1 heterocycles. The van der Waals surface area contributed by atoms with E-state index >= 15 is 0 Å². The molecular weight excluding hydrogens is 388 g/mol. The van der Waals surface area contributed by atoms with Gasteiger partial charge in [-0.2, -0.15) is 5.10 Å². The van der Waals surface area contributed by atoms with E-state index in [1.165, 1.54) is 20.2 Å². The summed E-state index contributed by atoms with van der Waals surface area (Å²) in [6.45, 7) is 5.33. The van der Waals surface area contributed by atoms with E-state index < -0.39 is 10.0 Å². The number of amides is 1. The summed E-state index contributed by atoms with van der Waals surface area (Å²) >= 11 is 0. The van der Waals surface area contributed by atoms with Crippen LogP contribution in [0.15, 0.2) is 53.4 Å². The van der Waals surface area contributed by atoms with Crippen LogP contribution in [-0.4, -0.2) is 42.5 Å². The second kappa shape index (κ2) is 7.81. The molecule has 1 amide bonds. The van der Waals surface area contributed by atoms with Gasteiger partial charge in [0.2, 0.25) is 10.0 Å². The van der Waals surface area contributed by atoms with E-state index in [4.69, 9.17) is 0 Å². The molecule has 29 heavy (non-hydrogen) atoms. The van der Waals surface area contributed by atoms with Crippen molar-refractivity contribution < 1.29 is 13.2 Å². The van der Waals surface area contributed by atoms with Crippen molar-refractivity contribution in [1.29, 1.82) is 0 Å². The molecule has 0 atom stereocenters. The van der Waals surface area contributed by atoms with Gasteiger partial charge in [0.1, 0.15) is 0 Å². The molecule has 2 aromatic carbocycles. The molecule has 0 radical (unpaired) electrons. The molecule has 0 fully saturated rings. The Morgan fingerprint density at radius 3 is 2.31 bits per heavy atom. The predicted molar refractivity (Wildman–Crippen MR) is 113 cm³/mol. The molecule has 0 saturated carbocycles. The van der Waals surface area contributed by atoms with Gasteiger partial charge in [-0.1, -0.05) is 24.3 Å². The summed E-state index contributed by atoms with van der Waals surface area (Å²) < 4.78 is 27.9. The number of benzene rings is 2. The van der Waals surface area contributed by atoms with E-state index in [1.807, 2.05) is 37.3 Å². The van der Waals surface area contributed by atoms with Crippen molar-refractivity contribution in [3.63, 3.8) is 0 Å². The van der Waals surface area contributed by atoms with Crippen molar-refractivity contribution in [1.82, 2.24) is 14.1 Å². The highest BCUT2D eigenvalue weighted by Gasteiger charge is 2.22. The topological polar surface area (TPSA) is 84.3 Å². The molecule has 8 heteroatoms. The maximum atomic E-state index is 13.0. The van der Waals surface area contributed by atoms with E-state index in [0.717, 1.165) is 9.99 Å². The maximum Gasteiger partial charge on any atom is 0.259 e. The molecule has 0 aliphatic rings. The average molecular weight is 413 g/mol. The molecule has 3 rings (SSSR count). The molecular formula is C21H24N4O3S. The number of nitrogens with zero attached hydrogens (tertiary/aromatic N) is 3. The molecule has 152 valence electrons. The average Bonchev–Trinajstić information content (AvgIpc) is 2.98. The lowest BCUT2D eigenvalue weighted by Crippen LogP contribution is -2.23. The van der Waals surface area contributed by atoms with Gasteiger partial charge in [0.15, 0.2) is 0 Å². The monoisotopic (exact) mass is 412 g/mol. The fraction of sp³-hybridized carbons (Fsp3) is 0.238. The number of anilines is 1. The lowest BCUT2D eigenvalue weighted by Gasteiger charge is -2.15. The van der Waals surface area contributed by atoms with Crippen LogP contribution in [-0.2, 0) is 10.0 Å². The predicted octanol–water partition coefficient (Wildman–Crippen LogP) is 3.30. The third-order valence-corrected chi connectivity index (χ3v) is 6.68. The Morgan fingerprint density at radius 2 is 1.69 bits per heavy atom. The van der Waals surface area contributed by atoms with Crippen LogP contribution in [0.1, 0.15) is 27.3 Å². The Kier molecular flexibility index (Phi) is 5.59. The summed E-state index contributed by atoms with van der Waals surface area (Å²) in [6, 6.07) is 14.4. The van der Waals surface area contributed by atoms with E-state index in [2.05, 4.69) is 10.4 Å². The molecule has 0 unspecified atom stereocenters. The number of aromatic nitrogens is 2. The van der Waals surface area contributed by atoms with Crippen LogP contribution in [0, 0.1) is 20.8 Å². The van der Waals surface area contributed by atoms with Crippen LogP contribution < -0.4 is 5.32 Å². The quantitative estimate of drug-likeness (QED) is 0.697. The lowest BCUT2D eigenvalue weighted by atomic mass is 10.1. The number of rotatable bonds is 5. The smallest absolute Gasteiger partial charge is 0.259 e. The lowest BCUT2D eigenvalue weighted by molar-refractivity contribution is 0.102. The molecule has 3 aromatic rings. The molecule has 0 aliphatic heterocycles. The maximum absolute atomic E-state index is 13.0. The molecule has 1 aromatic heterocycles. The van der Waals surface area contributed by atoms with Crippen molar-refractivity contribution in [2.45, 2.75) is 25.7 Å². The van der Waals surface area contributed by atoms with Crippen LogP contribution in [0.25, 0.3) is 5.69 Å². The minimum absolute atomic E-state index is 0.161. The summed E-state index contributed by atoms with van der Waals surface area (Å²) in [6.07, 6.45) is 0. The fourth-order valence-corrected chi connectivity index (χ4v) is 4.28. The van der Waals surface area contributed by atoms with Crippen molar-refractivity contribution in [3.8, 4) is 5.69 Å². The van der Waals surface area contributed by atoms with Gasteiger partial charge in [0.25, 0.3) is 5.91 Å². The zero-order chi connectivity index (χ0) is 21.3. The van der Waals surface area contributed by atoms with Crippen molar-refractivity contribution in [2.75, 3.05) is 19.4 Å². The number of sulfonamides is 1. The highest BCUT2D eigenvalue weighted by molar-refractivity contribution is 7.89. The molecule has 0 saturated heterocycles. The zero-order valence-corrected chi connectivity index (χ0v) is 17.9.